The van der Waals surface area contributed by atoms with Crippen LogP contribution < -0.4 is 0 Å². The van der Waals surface area contributed by atoms with E-state index in [-0.39, 0.29) is 24.9 Å². The molecule has 0 aliphatic carbocycles. The van der Waals surface area contributed by atoms with Gasteiger partial charge in [-0.15, -0.1) is 0 Å². The number of aryl methyl sites for hydroxylation is 2. The van der Waals surface area contributed by atoms with Crippen LogP contribution in [0.5, 0.6) is 0 Å². The van der Waals surface area contributed by atoms with Gasteiger partial charge >= 0.3 is 5.97 Å². The summed E-state index contributed by atoms with van der Waals surface area (Å²) in [6, 6.07) is 7.30. The summed E-state index contributed by atoms with van der Waals surface area (Å²) in [5.74, 6) is -0.199. The highest BCUT2D eigenvalue weighted by Crippen LogP contribution is 2.15. The Hall–Kier alpha value is -2.63. The lowest BCUT2D eigenvalue weighted by atomic mass is 10.1. The molecule has 1 amide bonds. The summed E-state index contributed by atoms with van der Waals surface area (Å²) in [4.78, 5) is 26.3. The average molecular weight is 355 g/mol. The highest BCUT2D eigenvalue weighted by atomic mass is 16.5. The molecule has 2 aromatic rings. The number of benzene rings is 1. The molecule has 1 fully saturated rings. The van der Waals surface area contributed by atoms with Crippen LogP contribution in [0, 0.1) is 13.8 Å². The summed E-state index contributed by atoms with van der Waals surface area (Å²) < 4.78 is 7.15. The quantitative estimate of drug-likeness (QED) is 0.773. The second-order valence-electron chi connectivity index (χ2n) is 6.81. The Morgan fingerprint density at radius 3 is 2.35 bits per heavy atom. The summed E-state index contributed by atoms with van der Waals surface area (Å²) in [6.07, 6.45) is 2.38. The predicted molar refractivity (Wildman–Crippen MR) is 97.8 cm³/mol. The average Bonchev–Trinajstić information content (AvgIpc) is 3.25. The molecule has 1 aromatic carbocycles. The van der Waals surface area contributed by atoms with Gasteiger partial charge in [-0.05, 0) is 44.4 Å². The molecular formula is C20H25N3O3. The zero-order valence-electron chi connectivity index (χ0n) is 15.6. The van der Waals surface area contributed by atoms with Gasteiger partial charge in [0.25, 0.3) is 5.91 Å². The Morgan fingerprint density at radius 2 is 1.77 bits per heavy atom. The van der Waals surface area contributed by atoms with Gasteiger partial charge in [-0.25, -0.2) is 0 Å². The van der Waals surface area contributed by atoms with Crippen molar-refractivity contribution in [2.45, 2.75) is 39.7 Å². The van der Waals surface area contributed by atoms with E-state index in [4.69, 9.17) is 4.74 Å². The zero-order valence-corrected chi connectivity index (χ0v) is 15.6. The Kier molecular flexibility index (Phi) is 5.40. The van der Waals surface area contributed by atoms with Gasteiger partial charge in [0.2, 0.25) is 0 Å². The Labute approximate surface area is 153 Å². The molecular weight excluding hydrogens is 330 g/mol. The van der Waals surface area contributed by atoms with E-state index < -0.39 is 0 Å². The first kappa shape index (κ1) is 18.2. The highest BCUT2D eigenvalue weighted by molar-refractivity contribution is 5.94. The number of esters is 1. The first-order chi connectivity index (χ1) is 12.5. The highest BCUT2D eigenvalue weighted by Gasteiger charge is 2.19. The molecule has 1 aliphatic heterocycles. The van der Waals surface area contributed by atoms with E-state index in [1.165, 1.54) is 0 Å². The number of hydrogen-bond acceptors (Lipinski definition) is 4. The van der Waals surface area contributed by atoms with Crippen LogP contribution in [0.1, 0.15) is 45.7 Å². The van der Waals surface area contributed by atoms with Gasteiger partial charge in [-0.1, -0.05) is 12.1 Å². The van der Waals surface area contributed by atoms with Crippen molar-refractivity contribution in [1.29, 1.82) is 0 Å². The Balaban J connectivity index is 1.54. The molecule has 0 N–H and O–H groups in total. The van der Waals surface area contributed by atoms with E-state index >= 15 is 0 Å². The third-order valence-corrected chi connectivity index (χ3v) is 4.97. The van der Waals surface area contributed by atoms with Crippen LogP contribution in [0.15, 0.2) is 24.3 Å². The minimum absolute atomic E-state index is 0.0774. The van der Waals surface area contributed by atoms with E-state index in [0.717, 1.165) is 48.4 Å². The zero-order chi connectivity index (χ0) is 18.7. The number of rotatable bonds is 5. The van der Waals surface area contributed by atoms with Gasteiger partial charge in [0.05, 0.1) is 12.1 Å². The van der Waals surface area contributed by atoms with Gasteiger partial charge in [-0.2, -0.15) is 5.10 Å². The second kappa shape index (κ2) is 7.72. The van der Waals surface area contributed by atoms with Crippen LogP contribution in [0.4, 0.5) is 0 Å². The maximum Gasteiger partial charge on any atom is 0.310 e. The summed E-state index contributed by atoms with van der Waals surface area (Å²) in [7, 11) is 1.86. The number of hydrogen-bond donors (Lipinski definition) is 0. The van der Waals surface area contributed by atoms with Crippen molar-refractivity contribution in [2.75, 3.05) is 13.1 Å². The van der Waals surface area contributed by atoms with Crippen molar-refractivity contribution in [3.63, 3.8) is 0 Å². The standard InChI is InChI=1S/C20H25N3O3/c1-14-18(15(2)22(3)21-14)12-19(24)26-13-16-6-8-17(9-7-16)20(25)23-10-4-5-11-23/h6-9H,4-5,10-13H2,1-3H3. The van der Waals surface area contributed by atoms with Crippen LogP contribution in [-0.2, 0) is 29.6 Å². The van der Waals surface area contributed by atoms with Crippen molar-refractivity contribution in [3.05, 3.63) is 52.3 Å². The molecule has 0 radical (unpaired) electrons. The predicted octanol–water partition coefficient (Wildman–Crippen LogP) is 2.56. The SMILES string of the molecule is Cc1nn(C)c(C)c1CC(=O)OCc1ccc(C(=O)N2CCCC2)cc1. The van der Waals surface area contributed by atoms with Crippen molar-refractivity contribution in [2.24, 2.45) is 7.05 Å². The number of carbonyl (C=O) groups excluding carboxylic acids is 2. The van der Waals surface area contributed by atoms with Gasteiger partial charge in [0.1, 0.15) is 6.61 Å². The number of nitrogens with zero attached hydrogens (tertiary/aromatic N) is 3. The molecule has 2 heterocycles. The lowest BCUT2D eigenvalue weighted by Gasteiger charge is -2.15. The smallest absolute Gasteiger partial charge is 0.310 e. The molecule has 0 unspecified atom stereocenters. The fourth-order valence-corrected chi connectivity index (χ4v) is 3.28. The molecule has 0 atom stereocenters. The topological polar surface area (TPSA) is 64.4 Å². The van der Waals surface area contributed by atoms with E-state index in [9.17, 15) is 9.59 Å². The van der Waals surface area contributed by atoms with Crippen LogP contribution in [-0.4, -0.2) is 39.6 Å². The molecule has 6 heteroatoms. The van der Waals surface area contributed by atoms with Crippen molar-refractivity contribution >= 4 is 11.9 Å². The Morgan fingerprint density at radius 1 is 1.12 bits per heavy atom. The third-order valence-electron chi connectivity index (χ3n) is 4.97. The lowest BCUT2D eigenvalue weighted by molar-refractivity contribution is -0.144. The van der Waals surface area contributed by atoms with E-state index in [0.29, 0.717) is 5.56 Å². The maximum atomic E-state index is 12.3. The summed E-state index contributed by atoms with van der Waals surface area (Å²) in [5, 5.41) is 4.31. The molecule has 26 heavy (non-hydrogen) atoms. The first-order valence-electron chi connectivity index (χ1n) is 8.98. The minimum atomic E-state index is -0.276. The maximum absolute atomic E-state index is 12.3. The van der Waals surface area contributed by atoms with Gasteiger partial charge < -0.3 is 9.64 Å². The number of ether oxygens (including phenoxy) is 1. The molecule has 1 saturated heterocycles. The lowest BCUT2D eigenvalue weighted by Crippen LogP contribution is -2.27. The first-order valence-corrected chi connectivity index (χ1v) is 8.98. The fourth-order valence-electron chi connectivity index (χ4n) is 3.28. The number of carbonyl (C=O) groups is 2. The van der Waals surface area contributed by atoms with E-state index in [2.05, 4.69) is 5.10 Å². The minimum Gasteiger partial charge on any atom is -0.461 e. The molecule has 6 nitrogen and oxygen atoms in total. The molecule has 138 valence electrons. The van der Waals surface area contributed by atoms with Crippen LogP contribution in [0.3, 0.4) is 0 Å². The van der Waals surface area contributed by atoms with E-state index in [1.54, 1.807) is 16.8 Å². The van der Waals surface area contributed by atoms with Crippen molar-refractivity contribution in [1.82, 2.24) is 14.7 Å². The van der Waals surface area contributed by atoms with Gasteiger partial charge in [0, 0.05) is 37.0 Å². The summed E-state index contributed by atoms with van der Waals surface area (Å²) in [6.45, 7) is 5.72. The Bertz CT molecular complexity index is 802. The van der Waals surface area contributed by atoms with Crippen LogP contribution >= 0.6 is 0 Å². The molecule has 1 aliphatic rings. The fraction of sp³-hybridized carbons (Fsp3) is 0.450. The van der Waals surface area contributed by atoms with Gasteiger partial charge in [-0.3, -0.25) is 14.3 Å². The molecule has 0 spiro atoms. The molecule has 3 rings (SSSR count). The number of aromatic nitrogens is 2. The molecule has 0 bridgehead atoms. The van der Waals surface area contributed by atoms with E-state index in [1.807, 2.05) is 37.9 Å². The third kappa shape index (κ3) is 3.95. The van der Waals surface area contributed by atoms with Crippen LogP contribution in [0.2, 0.25) is 0 Å². The summed E-state index contributed by atoms with van der Waals surface area (Å²) in [5.41, 5.74) is 4.31. The molecule has 0 saturated carbocycles. The number of likely N-dealkylation sites (tertiary alicyclic amines) is 1. The monoisotopic (exact) mass is 355 g/mol. The van der Waals surface area contributed by atoms with Crippen molar-refractivity contribution < 1.29 is 14.3 Å². The van der Waals surface area contributed by atoms with Crippen LogP contribution in [0.25, 0.3) is 0 Å². The largest absolute Gasteiger partial charge is 0.461 e. The van der Waals surface area contributed by atoms with Gasteiger partial charge in [0.15, 0.2) is 0 Å². The second-order valence-corrected chi connectivity index (χ2v) is 6.81. The normalized spacial score (nSPS) is 13.9. The van der Waals surface area contributed by atoms with Crippen molar-refractivity contribution in [3.8, 4) is 0 Å². The molecule has 1 aromatic heterocycles. The summed E-state index contributed by atoms with van der Waals surface area (Å²) >= 11 is 0. The number of amides is 1.